The number of halogens is 4. The number of hydrogen-bond donors (Lipinski definition) is 2. The Morgan fingerprint density at radius 3 is 2.64 bits per heavy atom. The second-order valence-electron chi connectivity index (χ2n) is 5.11. The average Bonchev–Trinajstić information content (AvgIpc) is 2.83. The molecule has 0 atom stereocenters. The molecule has 1 aromatic carbocycles. The zero-order chi connectivity index (χ0) is 18.8. The van der Waals surface area contributed by atoms with Gasteiger partial charge in [0.25, 0.3) is 5.91 Å². The molecule has 0 aromatic heterocycles. The number of amides is 1. The predicted octanol–water partition coefficient (Wildman–Crippen LogP) is 1.98. The largest absolute Gasteiger partial charge is 0.466 e. The molecule has 1 aliphatic heterocycles. The quantitative estimate of drug-likeness (QED) is 0.509. The fourth-order valence-electron chi connectivity index (χ4n) is 2.32. The molecule has 0 spiro atoms. The Kier molecular flexibility index (Phi) is 5.93. The summed E-state index contributed by atoms with van der Waals surface area (Å²) in [7, 11) is 1.16. The smallest absolute Gasteiger partial charge is 0.417 e. The molecule has 25 heavy (non-hydrogen) atoms. The third-order valence-corrected chi connectivity index (χ3v) is 4.39. The molecular formula is C15H14F3IN2O4. The van der Waals surface area contributed by atoms with Crippen molar-refractivity contribution in [3.63, 3.8) is 0 Å². The van der Waals surface area contributed by atoms with Crippen molar-refractivity contribution < 1.29 is 32.6 Å². The van der Waals surface area contributed by atoms with Crippen molar-refractivity contribution in [2.24, 2.45) is 0 Å². The topological polar surface area (TPSA) is 78.9 Å². The summed E-state index contributed by atoms with van der Waals surface area (Å²) in [6.45, 7) is -0.313. The summed E-state index contributed by atoms with van der Waals surface area (Å²) < 4.78 is 43.0. The highest BCUT2D eigenvalue weighted by Gasteiger charge is 2.35. The Morgan fingerprint density at radius 1 is 1.44 bits per heavy atom. The molecule has 0 saturated carbocycles. The number of aliphatic hydroxyl groups is 1. The lowest BCUT2D eigenvalue weighted by Gasteiger charge is -2.15. The van der Waals surface area contributed by atoms with Crippen LogP contribution in [0.5, 0.6) is 0 Å². The van der Waals surface area contributed by atoms with E-state index in [2.05, 4.69) is 10.1 Å². The minimum Gasteiger partial charge on any atom is -0.466 e. The Hall–Kier alpha value is -1.82. The van der Waals surface area contributed by atoms with Gasteiger partial charge < -0.3 is 20.1 Å². The highest BCUT2D eigenvalue weighted by molar-refractivity contribution is 14.1. The van der Waals surface area contributed by atoms with Crippen LogP contribution in [0.3, 0.4) is 0 Å². The zero-order valence-electron chi connectivity index (χ0n) is 13.0. The van der Waals surface area contributed by atoms with Crippen LogP contribution in [0.4, 0.5) is 18.9 Å². The second-order valence-corrected chi connectivity index (χ2v) is 6.28. The van der Waals surface area contributed by atoms with Gasteiger partial charge >= 0.3 is 12.1 Å². The first kappa shape index (κ1) is 19.5. The fourth-order valence-corrected chi connectivity index (χ4v) is 3.14. The van der Waals surface area contributed by atoms with Gasteiger partial charge in [-0.25, -0.2) is 4.79 Å². The number of methoxy groups -OCH3 is 1. The van der Waals surface area contributed by atoms with Crippen LogP contribution in [0.25, 0.3) is 0 Å². The van der Waals surface area contributed by atoms with Gasteiger partial charge in [-0.1, -0.05) is 0 Å². The van der Waals surface area contributed by atoms with E-state index < -0.39 is 23.6 Å². The van der Waals surface area contributed by atoms with Gasteiger partial charge in [0.05, 0.1) is 31.4 Å². The SMILES string of the molecule is COC(=O)C1=C(Nc2ccc(C(F)(F)F)c(I)c2)C(=O)N(CCO)C1. The van der Waals surface area contributed by atoms with E-state index in [1.807, 2.05) is 0 Å². The van der Waals surface area contributed by atoms with E-state index in [4.69, 9.17) is 5.11 Å². The Labute approximate surface area is 154 Å². The molecule has 0 unspecified atom stereocenters. The Bertz CT molecular complexity index is 734. The van der Waals surface area contributed by atoms with Crippen LogP contribution in [-0.4, -0.2) is 48.7 Å². The van der Waals surface area contributed by atoms with E-state index in [0.29, 0.717) is 0 Å². The normalized spacial score (nSPS) is 15.0. The number of hydrogen-bond acceptors (Lipinski definition) is 5. The lowest BCUT2D eigenvalue weighted by molar-refractivity contribution is -0.138. The molecule has 2 N–H and O–H groups in total. The number of esters is 1. The number of benzene rings is 1. The van der Waals surface area contributed by atoms with Gasteiger partial charge in [0.2, 0.25) is 0 Å². The Morgan fingerprint density at radius 2 is 2.12 bits per heavy atom. The van der Waals surface area contributed by atoms with Crippen molar-refractivity contribution in [1.82, 2.24) is 4.90 Å². The van der Waals surface area contributed by atoms with E-state index >= 15 is 0 Å². The van der Waals surface area contributed by atoms with Gasteiger partial charge in [0.1, 0.15) is 5.70 Å². The molecule has 0 saturated heterocycles. The minimum absolute atomic E-state index is 0.0229. The first-order valence-corrected chi connectivity index (χ1v) is 8.12. The van der Waals surface area contributed by atoms with E-state index in [9.17, 15) is 22.8 Å². The number of aliphatic hydroxyl groups excluding tert-OH is 1. The summed E-state index contributed by atoms with van der Waals surface area (Å²) in [5.41, 5.74) is -0.583. The summed E-state index contributed by atoms with van der Waals surface area (Å²) in [6.07, 6.45) is -4.48. The van der Waals surface area contributed by atoms with Crippen LogP contribution < -0.4 is 5.32 Å². The maximum absolute atomic E-state index is 12.8. The highest BCUT2D eigenvalue weighted by atomic mass is 127. The standard InChI is InChI=1S/C15H14F3IN2O4/c1-25-14(24)9-7-21(4-5-22)13(23)12(9)20-8-2-3-10(11(19)6-8)15(16,17)18/h2-3,6,20,22H,4-5,7H2,1H3. The molecule has 0 radical (unpaired) electrons. The van der Waals surface area contributed by atoms with Gasteiger partial charge in [-0.3, -0.25) is 4.79 Å². The van der Waals surface area contributed by atoms with E-state index in [-0.39, 0.29) is 40.2 Å². The average molecular weight is 470 g/mol. The van der Waals surface area contributed by atoms with Crippen molar-refractivity contribution >= 4 is 40.2 Å². The second kappa shape index (κ2) is 7.60. The molecule has 0 bridgehead atoms. The molecule has 1 aliphatic rings. The molecule has 6 nitrogen and oxygen atoms in total. The highest BCUT2D eigenvalue weighted by Crippen LogP contribution is 2.34. The van der Waals surface area contributed by atoms with Crippen LogP contribution in [-0.2, 0) is 20.5 Å². The number of carbonyl (C=O) groups is 2. The number of nitrogens with one attached hydrogen (secondary N) is 1. The number of β-amino-alcohol motifs (C(OH)–C–C–N with tert-alkyl or cyclic N) is 1. The van der Waals surface area contributed by atoms with Gasteiger partial charge in [-0.2, -0.15) is 13.2 Å². The van der Waals surface area contributed by atoms with Crippen molar-refractivity contribution in [1.29, 1.82) is 0 Å². The molecular weight excluding hydrogens is 456 g/mol. The lowest BCUT2D eigenvalue weighted by Crippen LogP contribution is -2.31. The minimum atomic E-state index is -4.48. The number of carbonyl (C=O) groups excluding carboxylic acids is 2. The van der Waals surface area contributed by atoms with E-state index in [0.717, 1.165) is 13.2 Å². The van der Waals surface area contributed by atoms with Crippen LogP contribution >= 0.6 is 22.6 Å². The van der Waals surface area contributed by atoms with Crippen LogP contribution in [0.15, 0.2) is 29.5 Å². The van der Waals surface area contributed by atoms with Crippen LogP contribution in [0.2, 0.25) is 0 Å². The zero-order valence-corrected chi connectivity index (χ0v) is 15.1. The molecule has 0 fully saturated rings. The van der Waals surface area contributed by atoms with Crippen LogP contribution in [0, 0.1) is 3.57 Å². The molecule has 1 heterocycles. The third kappa shape index (κ3) is 4.24. The number of ether oxygens (including phenoxy) is 1. The first-order chi connectivity index (χ1) is 11.7. The van der Waals surface area contributed by atoms with Crippen molar-refractivity contribution in [3.8, 4) is 0 Å². The monoisotopic (exact) mass is 470 g/mol. The summed E-state index contributed by atoms with van der Waals surface area (Å²) in [6, 6.07) is 3.30. The van der Waals surface area contributed by atoms with Gasteiger partial charge in [0.15, 0.2) is 0 Å². The maximum atomic E-state index is 12.8. The first-order valence-electron chi connectivity index (χ1n) is 7.04. The number of nitrogens with zero attached hydrogens (tertiary/aromatic N) is 1. The van der Waals surface area contributed by atoms with E-state index in [1.165, 1.54) is 17.0 Å². The third-order valence-electron chi connectivity index (χ3n) is 3.50. The summed E-state index contributed by atoms with van der Waals surface area (Å²) in [5, 5.41) is 11.7. The predicted molar refractivity (Wildman–Crippen MR) is 90.5 cm³/mol. The van der Waals surface area contributed by atoms with Gasteiger partial charge in [-0.05, 0) is 40.8 Å². The molecule has 136 valence electrons. The Balaban J connectivity index is 2.34. The van der Waals surface area contributed by atoms with Crippen molar-refractivity contribution in [2.45, 2.75) is 6.18 Å². The summed E-state index contributed by atoms with van der Waals surface area (Å²) in [5.74, 6) is -1.26. The van der Waals surface area contributed by atoms with Gasteiger partial charge in [-0.15, -0.1) is 0 Å². The number of anilines is 1. The fraction of sp³-hybridized carbons (Fsp3) is 0.333. The molecule has 2 rings (SSSR count). The van der Waals surface area contributed by atoms with Gasteiger partial charge in [0, 0.05) is 15.8 Å². The molecule has 0 aliphatic carbocycles. The number of alkyl halides is 3. The molecule has 1 aromatic rings. The number of rotatable bonds is 5. The summed E-state index contributed by atoms with van der Waals surface area (Å²) in [4.78, 5) is 25.4. The maximum Gasteiger partial charge on any atom is 0.417 e. The van der Waals surface area contributed by atoms with E-state index in [1.54, 1.807) is 22.6 Å². The summed E-state index contributed by atoms with van der Waals surface area (Å²) >= 11 is 1.55. The molecule has 1 amide bonds. The molecule has 10 heteroatoms. The van der Waals surface area contributed by atoms with Crippen molar-refractivity contribution in [2.75, 3.05) is 32.1 Å². The van der Waals surface area contributed by atoms with Crippen LogP contribution in [0.1, 0.15) is 5.56 Å². The lowest BCUT2D eigenvalue weighted by atomic mass is 10.2. The van der Waals surface area contributed by atoms with Crippen molar-refractivity contribution in [3.05, 3.63) is 38.6 Å².